The summed E-state index contributed by atoms with van der Waals surface area (Å²) >= 11 is 6.21. The average molecular weight is 544 g/mol. The van der Waals surface area contributed by atoms with E-state index in [4.69, 9.17) is 26.8 Å². The number of benzene rings is 1. The fourth-order valence-corrected chi connectivity index (χ4v) is 3.93. The molecular formula is C24H30ClN9O4. The van der Waals surface area contributed by atoms with Gasteiger partial charge in [-0.1, -0.05) is 16.8 Å². The minimum Gasteiger partial charge on any atom is -0.443 e. The first kappa shape index (κ1) is 27.1. The van der Waals surface area contributed by atoms with E-state index in [0.717, 1.165) is 11.1 Å². The van der Waals surface area contributed by atoms with Crippen LogP contribution in [0.5, 0.6) is 0 Å². The number of aryl methyl sites for hydroxylation is 1. The Balaban J connectivity index is 1.43. The van der Waals surface area contributed by atoms with Crippen molar-refractivity contribution < 1.29 is 19.1 Å². The van der Waals surface area contributed by atoms with Crippen LogP contribution < -0.4 is 16.0 Å². The molecule has 1 aromatic carbocycles. The Morgan fingerprint density at radius 2 is 2.00 bits per heavy atom. The molecule has 13 nitrogen and oxygen atoms in total. The molecule has 3 heterocycles. The number of amides is 2. The first-order valence-electron chi connectivity index (χ1n) is 11.8. The molecule has 0 radical (unpaired) electrons. The number of anilines is 2. The van der Waals surface area contributed by atoms with Crippen LogP contribution in [0.15, 0.2) is 24.4 Å². The van der Waals surface area contributed by atoms with Crippen molar-refractivity contribution in [2.24, 2.45) is 7.05 Å². The molecule has 4 rings (SSSR count). The number of rotatable bonds is 7. The van der Waals surface area contributed by atoms with Crippen LogP contribution in [0.4, 0.5) is 16.2 Å². The maximum Gasteiger partial charge on any atom is 0.414 e. The van der Waals surface area contributed by atoms with Crippen LogP contribution in [-0.2, 0) is 23.1 Å². The Bertz CT molecular complexity index is 1510. The third-order valence-electron chi connectivity index (χ3n) is 5.50. The summed E-state index contributed by atoms with van der Waals surface area (Å²) in [6, 6.07) is 4.85. The first-order valence-corrected chi connectivity index (χ1v) is 12.2. The molecule has 0 saturated carbocycles. The van der Waals surface area contributed by atoms with Crippen molar-refractivity contribution in [2.45, 2.75) is 45.9 Å². The first-order chi connectivity index (χ1) is 17.8. The lowest BCUT2D eigenvalue weighted by Gasteiger charge is -2.24. The molecule has 0 spiro atoms. The number of carbonyl (C=O) groups is 2. The standard InChI is InChI=1S/C24H30ClN9O4/c1-13(11-37-12-14-7-15(26)20-16(8-14)33(6)31-29-20)28-22(35)18-10-27-21-17(9-19(25)30-34(18)21)32(5)23(36)38-24(2,3)4/h7-10,13H,11-12,26H2,1-6H3,(H,28,35)/t13-/m1/s1. The van der Waals surface area contributed by atoms with E-state index in [1.165, 1.54) is 28.7 Å². The molecule has 3 aromatic heterocycles. The minimum atomic E-state index is -0.688. The molecule has 0 unspecified atom stereocenters. The van der Waals surface area contributed by atoms with E-state index in [9.17, 15) is 9.59 Å². The molecule has 38 heavy (non-hydrogen) atoms. The number of nitrogen functional groups attached to an aromatic ring is 1. The molecule has 1 atom stereocenters. The molecular weight excluding hydrogens is 514 g/mol. The highest BCUT2D eigenvalue weighted by molar-refractivity contribution is 6.29. The molecule has 0 aliphatic heterocycles. The van der Waals surface area contributed by atoms with Gasteiger partial charge in [-0.25, -0.2) is 19.0 Å². The Morgan fingerprint density at radius 3 is 2.71 bits per heavy atom. The maximum atomic E-state index is 13.0. The van der Waals surface area contributed by atoms with Crippen molar-refractivity contribution in [3.63, 3.8) is 0 Å². The Kier molecular flexibility index (Phi) is 7.42. The van der Waals surface area contributed by atoms with Crippen molar-refractivity contribution >= 4 is 51.7 Å². The minimum absolute atomic E-state index is 0.0752. The van der Waals surface area contributed by atoms with Crippen LogP contribution in [-0.4, -0.2) is 66.9 Å². The van der Waals surface area contributed by atoms with E-state index in [1.54, 1.807) is 38.6 Å². The smallest absolute Gasteiger partial charge is 0.414 e. The van der Waals surface area contributed by atoms with Crippen LogP contribution in [0, 0.1) is 0 Å². The monoisotopic (exact) mass is 543 g/mol. The lowest BCUT2D eigenvalue weighted by molar-refractivity contribution is 0.0589. The molecule has 0 bridgehead atoms. The highest BCUT2D eigenvalue weighted by Crippen LogP contribution is 2.25. The summed E-state index contributed by atoms with van der Waals surface area (Å²) in [5, 5.41) is 15.2. The van der Waals surface area contributed by atoms with Crippen LogP contribution in [0.2, 0.25) is 5.15 Å². The second kappa shape index (κ2) is 10.4. The molecule has 0 aliphatic carbocycles. The van der Waals surface area contributed by atoms with Gasteiger partial charge in [-0.15, -0.1) is 5.10 Å². The molecule has 14 heteroatoms. The maximum absolute atomic E-state index is 13.0. The number of aromatic nitrogens is 6. The van der Waals surface area contributed by atoms with Crippen LogP contribution in [0.1, 0.15) is 43.7 Å². The number of halogens is 1. The third-order valence-corrected chi connectivity index (χ3v) is 5.69. The summed E-state index contributed by atoms with van der Waals surface area (Å²) in [6.07, 6.45) is 0.774. The summed E-state index contributed by atoms with van der Waals surface area (Å²) in [7, 11) is 3.32. The molecule has 202 valence electrons. The molecule has 3 N–H and O–H groups in total. The topological polar surface area (TPSA) is 155 Å². The van der Waals surface area contributed by atoms with Gasteiger partial charge in [-0.3, -0.25) is 9.69 Å². The van der Waals surface area contributed by atoms with Gasteiger partial charge in [0, 0.05) is 26.2 Å². The quantitative estimate of drug-likeness (QED) is 0.334. The van der Waals surface area contributed by atoms with Gasteiger partial charge in [-0.05, 0) is 45.4 Å². The molecule has 0 fully saturated rings. The predicted molar refractivity (Wildman–Crippen MR) is 142 cm³/mol. The van der Waals surface area contributed by atoms with Crippen molar-refractivity contribution in [1.29, 1.82) is 0 Å². The normalized spacial score (nSPS) is 12.6. The number of nitrogens with one attached hydrogen (secondary N) is 1. The van der Waals surface area contributed by atoms with E-state index in [-0.39, 0.29) is 29.1 Å². The zero-order valence-corrected chi connectivity index (χ0v) is 22.8. The Morgan fingerprint density at radius 1 is 1.26 bits per heavy atom. The SMILES string of the molecule is C[C@H](COCc1cc(N)c2nnn(C)c2c1)NC(=O)c1cnc2c(N(C)C(=O)OC(C)(C)C)cc(Cl)nn12. The second-order valence-corrected chi connectivity index (χ2v) is 10.3. The van der Waals surface area contributed by atoms with Crippen molar-refractivity contribution in [3.05, 3.63) is 40.8 Å². The predicted octanol–water partition coefficient (Wildman–Crippen LogP) is 2.95. The summed E-state index contributed by atoms with van der Waals surface area (Å²) in [5.74, 6) is -0.430. The lowest BCUT2D eigenvalue weighted by Crippen LogP contribution is -2.36. The van der Waals surface area contributed by atoms with Crippen molar-refractivity contribution in [3.8, 4) is 0 Å². The number of fused-ring (bicyclic) bond motifs is 2. The summed E-state index contributed by atoms with van der Waals surface area (Å²) in [6.45, 7) is 7.64. The van der Waals surface area contributed by atoms with Gasteiger partial charge >= 0.3 is 6.09 Å². The van der Waals surface area contributed by atoms with E-state index < -0.39 is 17.6 Å². The van der Waals surface area contributed by atoms with E-state index in [1.807, 2.05) is 13.0 Å². The summed E-state index contributed by atoms with van der Waals surface area (Å²) in [5.41, 5.74) is 8.97. The zero-order chi connectivity index (χ0) is 27.8. The van der Waals surface area contributed by atoms with E-state index in [0.29, 0.717) is 23.5 Å². The van der Waals surface area contributed by atoms with Crippen molar-refractivity contribution in [1.82, 2.24) is 34.9 Å². The van der Waals surface area contributed by atoms with Gasteiger partial charge in [-0.2, -0.15) is 5.10 Å². The molecule has 0 saturated heterocycles. The van der Waals surface area contributed by atoms with Crippen LogP contribution >= 0.6 is 11.6 Å². The summed E-state index contributed by atoms with van der Waals surface area (Å²) < 4.78 is 14.2. The van der Waals surface area contributed by atoms with Crippen LogP contribution in [0.3, 0.4) is 0 Å². The average Bonchev–Trinajstić information content (AvgIpc) is 3.41. The van der Waals surface area contributed by atoms with Gasteiger partial charge in [0.1, 0.15) is 11.1 Å². The Labute approximate surface area is 223 Å². The zero-order valence-electron chi connectivity index (χ0n) is 22.0. The number of nitrogens with zero attached hydrogens (tertiary/aromatic N) is 7. The summed E-state index contributed by atoms with van der Waals surface area (Å²) in [4.78, 5) is 31.2. The Hall–Kier alpha value is -3.97. The second-order valence-electron chi connectivity index (χ2n) is 9.93. The number of ether oxygens (including phenoxy) is 2. The highest BCUT2D eigenvalue weighted by atomic mass is 35.5. The van der Waals surface area contributed by atoms with Gasteiger partial charge in [0.25, 0.3) is 5.91 Å². The van der Waals surface area contributed by atoms with Crippen molar-refractivity contribution in [2.75, 3.05) is 24.3 Å². The fraction of sp³-hybridized carbons (Fsp3) is 0.417. The van der Waals surface area contributed by atoms with Gasteiger partial charge in [0.05, 0.1) is 36.3 Å². The molecule has 4 aromatic rings. The van der Waals surface area contributed by atoms with E-state index in [2.05, 4.69) is 25.7 Å². The number of imidazole rings is 1. The number of hydrogen-bond donors (Lipinski definition) is 2. The van der Waals surface area contributed by atoms with Gasteiger partial charge in [0.15, 0.2) is 16.5 Å². The van der Waals surface area contributed by atoms with E-state index >= 15 is 0 Å². The molecule has 0 aliphatic rings. The largest absolute Gasteiger partial charge is 0.443 e. The van der Waals surface area contributed by atoms with Gasteiger partial charge < -0.3 is 20.5 Å². The number of carbonyl (C=O) groups excluding carboxylic acids is 2. The lowest BCUT2D eigenvalue weighted by atomic mass is 10.2. The fourth-order valence-electron chi connectivity index (χ4n) is 3.75. The molecule has 2 amide bonds. The van der Waals surface area contributed by atoms with Gasteiger partial charge in [0.2, 0.25) is 0 Å². The third kappa shape index (κ3) is 5.78. The van der Waals surface area contributed by atoms with Crippen LogP contribution in [0.25, 0.3) is 16.7 Å². The number of nitrogens with two attached hydrogens (primary N) is 1. The number of hydrogen-bond acceptors (Lipinski definition) is 9. The highest BCUT2D eigenvalue weighted by Gasteiger charge is 2.25.